The van der Waals surface area contributed by atoms with Crippen molar-refractivity contribution in [1.29, 1.82) is 0 Å². The van der Waals surface area contributed by atoms with E-state index in [0.717, 1.165) is 21.7 Å². The highest BCUT2D eigenvalue weighted by molar-refractivity contribution is 8.00. The zero-order valence-corrected chi connectivity index (χ0v) is 15.8. The topological polar surface area (TPSA) is 85.8 Å². The molecule has 0 bridgehead atoms. The lowest BCUT2D eigenvalue weighted by Gasteiger charge is -2.13. The van der Waals surface area contributed by atoms with Crippen LogP contribution in [0.4, 0.5) is 5.69 Å². The van der Waals surface area contributed by atoms with Crippen LogP contribution < -0.4 is 11.2 Å². The molecule has 0 aliphatic heterocycles. The fraction of sp³-hybridized carbons (Fsp3) is 0.235. The van der Waals surface area contributed by atoms with Crippen molar-refractivity contribution < 1.29 is 4.79 Å². The van der Waals surface area contributed by atoms with Crippen molar-refractivity contribution >= 4 is 34.7 Å². The quantitative estimate of drug-likeness (QED) is 0.528. The second-order valence-corrected chi connectivity index (χ2v) is 7.98. The van der Waals surface area contributed by atoms with Gasteiger partial charge in [-0.05, 0) is 43.8 Å². The Morgan fingerprint density at radius 2 is 2.12 bits per heavy atom. The first-order valence-electron chi connectivity index (χ1n) is 7.75. The lowest BCUT2D eigenvalue weighted by atomic mass is 10.1. The van der Waals surface area contributed by atoms with Gasteiger partial charge in [-0.25, -0.2) is 4.68 Å². The summed E-state index contributed by atoms with van der Waals surface area (Å²) in [6.45, 7) is 5.82. The van der Waals surface area contributed by atoms with Gasteiger partial charge < -0.3 is 11.2 Å². The molecule has 1 aromatic carbocycles. The number of carbonyl (C=O) groups excluding carboxylic acids is 1. The Hall–Kier alpha value is -2.32. The number of aryl methyl sites for hydroxylation is 2. The van der Waals surface area contributed by atoms with Gasteiger partial charge in [-0.15, -0.1) is 21.5 Å². The lowest BCUT2D eigenvalue weighted by molar-refractivity contribution is -0.115. The summed E-state index contributed by atoms with van der Waals surface area (Å²) in [5.74, 6) is 6.58. The van der Waals surface area contributed by atoms with Gasteiger partial charge >= 0.3 is 0 Å². The average Bonchev–Trinajstić information content (AvgIpc) is 3.20. The molecule has 1 atom stereocenters. The third kappa shape index (κ3) is 3.85. The first kappa shape index (κ1) is 17.5. The van der Waals surface area contributed by atoms with Gasteiger partial charge in [0, 0.05) is 5.69 Å². The van der Waals surface area contributed by atoms with Gasteiger partial charge in [-0.3, -0.25) is 4.79 Å². The molecular formula is C17H19N5OS2. The van der Waals surface area contributed by atoms with Crippen molar-refractivity contribution in [2.75, 3.05) is 11.2 Å². The van der Waals surface area contributed by atoms with Crippen LogP contribution in [-0.2, 0) is 4.79 Å². The molecule has 130 valence electrons. The molecule has 8 heteroatoms. The van der Waals surface area contributed by atoms with E-state index in [1.165, 1.54) is 16.4 Å². The molecule has 3 rings (SSSR count). The fourth-order valence-electron chi connectivity index (χ4n) is 2.33. The van der Waals surface area contributed by atoms with E-state index in [2.05, 4.69) is 15.5 Å². The van der Waals surface area contributed by atoms with Crippen molar-refractivity contribution in [1.82, 2.24) is 14.9 Å². The fourth-order valence-corrected chi connectivity index (χ4v) is 3.81. The molecule has 0 aliphatic rings. The number of nitrogens with two attached hydrogens (primary N) is 1. The highest BCUT2D eigenvalue weighted by atomic mass is 32.2. The van der Waals surface area contributed by atoms with Crippen LogP contribution in [0.5, 0.6) is 0 Å². The zero-order valence-electron chi connectivity index (χ0n) is 14.2. The molecule has 6 nitrogen and oxygen atoms in total. The number of carbonyl (C=O) groups is 1. The summed E-state index contributed by atoms with van der Waals surface area (Å²) >= 11 is 2.82. The first-order valence-corrected chi connectivity index (χ1v) is 9.51. The summed E-state index contributed by atoms with van der Waals surface area (Å²) in [4.78, 5) is 13.4. The summed E-state index contributed by atoms with van der Waals surface area (Å²) in [5, 5.41) is 13.3. The van der Waals surface area contributed by atoms with Crippen LogP contribution in [0.2, 0.25) is 0 Å². The van der Waals surface area contributed by atoms with Crippen LogP contribution in [0.3, 0.4) is 0 Å². The molecule has 0 saturated carbocycles. The normalized spacial score (nSPS) is 12.1. The molecule has 2 heterocycles. The SMILES string of the molecule is Cc1ccc(NC(=O)C(C)Sc2nnc(-c3cccs3)n2N)c(C)c1. The second-order valence-electron chi connectivity index (χ2n) is 5.72. The van der Waals surface area contributed by atoms with Crippen LogP contribution in [-0.4, -0.2) is 26.0 Å². The minimum Gasteiger partial charge on any atom is -0.335 e. The molecule has 0 radical (unpaired) electrons. The summed E-state index contributed by atoms with van der Waals surface area (Å²) in [6.07, 6.45) is 0. The number of thiophene rings is 1. The molecule has 0 aliphatic carbocycles. The van der Waals surface area contributed by atoms with Gasteiger partial charge in [0.15, 0.2) is 5.82 Å². The largest absolute Gasteiger partial charge is 0.335 e. The maximum absolute atomic E-state index is 12.5. The predicted molar refractivity (Wildman–Crippen MR) is 103 cm³/mol. The number of nitrogens with one attached hydrogen (secondary N) is 1. The molecule has 0 saturated heterocycles. The van der Waals surface area contributed by atoms with Gasteiger partial charge in [-0.1, -0.05) is 35.5 Å². The Balaban J connectivity index is 1.69. The second kappa shape index (κ2) is 7.28. The van der Waals surface area contributed by atoms with Crippen LogP contribution in [0.15, 0.2) is 40.9 Å². The number of amides is 1. The molecule has 1 unspecified atom stereocenters. The number of anilines is 1. The van der Waals surface area contributed by atoms with Gasteiger partial charge in [0.1, 0.15) is 0 Å². The van der Waals surface area contributed by atoms with E-state index in [9.17, 15) is 4.79 Å². The van der Waals surface area contributed by atoms with Crippen molar-refractivity contribution in [2.24, 2.45) is 0 Å². The van der Waals surface area contributed by atoms with Crippen molar-refractivity contribution in [3.63, 3.8) is 0 Å². The predicted octanol–water partition coefficient (Wildman–Crippen LogP) is 3.46. The molecule has 0 fully saturated rings. The van der Waals surface area contributed by atoms with Crippen LogP contribution >= 0.6 is 23.1 Å². The van der Waals surface area contributed by atoms with Gasteiger partial charge in [0.05, 0.1) is 10.1 Å². The minimum atomic E-state index is -0.358. The van der Waals surface area contributed by atoms with E-state index in [1.54, 1.807) is 11.3 Å². The van der Waals surface area contributed by atoms with Crippen LogP contribution in [0.25, 0.3) is 10.7 Å². The maximum Gasteiger partial charge on any atom is 0.237 e. The van der Waals surface area contributed by atoms with E-state index in [0.29, 0.717) is 11.0 Å². The molecule has 0 spiro atoms. The van der Waals surface area contributed by atoms with E-state index >= 15 is 0 Å². The molecule has 25 heavy (non-hydrogen) atoms. The Morgan fingerprint density at radius 1 is 1.32 bits per heavy atom. The van der Waals surface area contributed by atoms with E-state index < -0.39 is 0 Å². The summed E-state index contributed by atoms with van der Waals surface area (Å²) < 4.78 is 1.43. The van der Waals surface area contributed by atoms with Crippen LogP contribution in [0, 0.1) is 13.8 Å². The standard InChI is InChI=1S/C17H19N5OS2/c1-10-6-7-13(11(2)9-10)19-16(23)12(3)25-17-21-20-15(22(17)18)14-5-4-8-24-14/h4-9,12H,18H2,1-3H3,(H,19,23). The lowest BCUT2D eigenvalue weighted by Crippen LogP contribution is -2.24. The molecule has 3 N–H and O–H groups in total. The number of benzene rings is 1. The van der Waals surface area contributed by atoms with Crippen LogP contribution in [0.1, 0.15) is 18.1 Å². The van der Waals surface area contributed by atoms with Gasteiger partial charge in [0.2, 0.25) is 11.1 Å². The van der Waals surface area contributed by atoms with Crippen molar-refractivity contribution in [3.8, 4) is 10.7 Å². The highest BCUT2D eigenvalue weighted by Crippen LogP contribution is 2.28. The number of hydrogen-bond donors (Lipinski definition) is 2. The molecule has 1 amide bonds. The molecular weight excluding hydrogens is 354 g/mol. The van der Waals surface area contributed by atoms with Crippen molar-refractivity contribution in [2.45, 2.75) is 31.2 Å². The summed E-state index contributed by atoms with van der Waals surface area (Å²) in [6, 6.07) is 9.80. The number of rotatable bonds is 5. The zero-order chi connectivity index (χ0) is 18.0. The Morgan fingerprint density at radius 3 is 2.80 bits per heavy atom. The Labute approximate surface area is 154 Å². The number of nitrogens with zero attached hydrogens (tertiary/aromatic N) is 3. The number of aromatic nitrogens is 3. The average molecular weight is 374 g/mol. The maximum atomic E-state index is 12.5. The number of hydrogen-bond acceptors (Lipinski definition) is 6. The molecule has 2 aromatic heterocycles. The first-order chi connectivity index (χ1) is 12.0. The summed E-state index contributed by atoms with van der Waals surface area (Å²) in [7, 11) is 0. The van der Waals surface area contributed by atoms with E-state index in [4.69, 9.17) is 5.84 Å². The number of nitrogen functional groups attached to an aromatic ring is 1. The van der Waals surface area contributed by atoms with Gasteiger partial charge in [0.25, 0.3) is 0 Å². The van der Waals surface area contributed by atoms with E-state index in [1.807, 2.05) is 56.5 Å². The monoisotopic (exact) mass is 373 g/mol. The van der Waals surface area contributed by atoms with E-state index in [-0.39, 0.29) is 11.2 Å². The van der Waals surface area contributed by atoms with Crippen molar-refractivity contribution in [3.05, 3.63) is 46.8 Å². The Bertz CT molecular complexity index is 889. The molecule has 3 aromatic rings. The minimum absolute atomic E-state index is 0.0994. The highest BCUT2D eigenvalue weighted by Gasteiger charge is 2.20. The summed E-state index contributed by atoms with van der Waals surface area (Å²) in [5.41, 5.74) is 3.01. The number of thioether (sulfide) groups is 1. The third-order valence-electron chi connectivity index (χ3n) is 3.70. The Kier molecular flexibility index (Phi) is 5.10. The third-order valence-corrected chi connectivity index (χ3v) is 5.62. The smallest absolute Gasteiger partial charge is 0.237 e. The van der Waals surface area contributed by atoms with Gasteiger partial charge in [-0.2, -0.15) is 0 Å².